The number of alkyl halides is 3. The number of carbonyl (C=O) groups excluding carboxylic acids is 2. The van der Waals surface area contributed by atoms with E-state index in [1.54, 1.807) is 25.3 Å². The van der Waals surface area contributed by atoms with Gasteiger partial charge in [0.15, 0.2) is 5.69 Å². The van der Waals surface area contributed by atoms with Crippen LogP contribution in [0.1, 0.15) is 53.9 Å². The van der Waals surface area contributed by atoms with E-state index < -0.39 is 35.2 Å². The highest BCUT2D eigenvalue weighted by Gasteiger charge is 2.36. The van der Waals surface area contributed by atoms with Crippen molar-refractivity contribution in [3.63, 3.8) is 0 Å². The molecule has 0 unspecified atom stereocenters. The molecule has 3 rings (SSSR count). The van der Waals surface area contributed by atoms with Crippen molar-refractivity contribution >= 4 is 12.1 Å². The zero-order valence-electron chi connectivity index (χ0n) is 18.0. The maximum Gasteiger partial charge on any atom is 0.416 e. The number of hydrogen-bond acceptors (Lipinski definition) is 5. The minimum absolute atomic E-state index is 0.00839. The van der Waals surface area contributed by atoms with Crippen molar-refractivity contribution in [1.29, 1.82) is 0 Å². The molecule has 1 aromatic heterocycles. The molecule has 174 valence electrons. The number of imidazole rings is 1. The van der Waals surface area contributed by atoms with E-state index in [0.717, 1.165) is 19.2 Å². The van der Waals surface area contributed by atoms with Gasteiger partial charge in [-0.25, -0.2) is 19.0 Å². The Hall–Kier alpha value is -3.11. The number of ether oxygens (including phenoxy) is 2. The number of rotatable bonds is 3. The molecule has 32 heavy (non-hydrogen) atoms. The fraction of sp³-hybridized carbons (Fsp3) is 0.476. The molecule has 0 bridgehead atoms. The van der Waals surface area contributed by atoms with Gasteiger partial charge in [-0.05, 0) is 38.5 Å². The Kier molecular flexibility index (Phi) is 6.21. The lowest BCUT2D eigenvalue weighted by Crippen LogP contribution is -2.41. The van der Waals surface area contributed by atoms with E-state index in [1.165, 1.54) is 4.90 Å². The Morgan fingerprint density at radius 3 is 2.44 bits per heavy atom. The molecule has 0 spiro atoms. The molecule has 0 fully saturated rings. The lowest BCUT2D eigenvalue weighted by atomic mass is 10.0. The zero-order valence-corrected chi connectivity index (χ0v) is 18.0. The van der Waals surface area contributed by atoms with Crippen LogP contribution < -0.4 is 0 Å². The maximum absolute atomic E-state index is 13.5. The molecule has 0 aliphatic carbocycles. The van der Waals surface area contributed by atoms with Crippen molar-refractivity contribution in [2.75, 3.05) is 13.7 Å². The molecule has 2 aromatic rings. The third-order valence-electron chi connectivity index (χ3n) is 4.84. The average molecular weight is 457 g/mol. The van der Waals surface area contributed by atoms with Crippen LogP contribution in [0, 0.1) is 5.82 Å². The molecule has 7 nitrogen and oxygen atoms in total. The first kappa shape index (κ1) is 23.6. The second kappa shape index (κ2) is 8.44. The number of amides is 1. The Bertz CT molecular complexity index is 1040. The molecular weight excluding hydrogens is 434 g/mol. The topological polar surface area (TPSA) is 73.7 Å². The van der Waals surface area contributed by atoms with E-state index in [-0.39, 0.29) is 43.0 Å². The van der Waals surface area contributed by atoms with Gasteiger partial charge in [0.1, 0.15) is 17.2 Å². The number of halogens is 4. The first-order chi connectivity index (χ1) is 14.8. The van der Waals surface area contributed by atoms with Crippen LogP contribution in [0.3, 0.4) is 0 Å². The van der Waals surface area contributed by atoms with Gasteiger partial charge in [-0.3, -0.25) is 4.90 Å². The third kappa shape index (κ3) is 5.03. The van der Waals surface area contributed by atoms with E-state index in [0.29, 0.717) is 11.9 Å². The van der Waals surface area contributed by atoms with Gasteiger partial charge in [-0.2, -0.15) is 13.2 Å². The molecule has 1 aliphatic rings. The molecule has 1 aromatic carbocycles. The van der Waals surface area contributed by atoms with Crippen LogP contribution in [0.2, 0.25) is 0 Å². The van der Waals surface area contributed by atoms with Gasteiger partial charge in [-0.1, -0.05) is 6.07 Å². The van der Waals surface area contributed by atoms with E-state index >= 15 is 0 Å². The summed E-state index contributed by atoms with van der Waals surface area (Å²) in [6, 6.07) is 2.39. The van der Waals surface area contributed by atoms with E-state index in [2.05, 4.69) is 4.98 Å². The second-order valence-electron chi connectivity index (χ2n) is 8.34. The smallest absolute Gasteiger partial charge is 0.416 e. The van der Waals surface area contributed by atoms with Crippen LogP contribution in [0.5, 0.6) is 0 Å². The minimum Gasteiger partial charge on any atom is -0.464 e. The van der Waals surface area contributed by atoms with E-state index in [4.69, 9.17) is 9.47 Å². The molecule has 0 atom stereocenters. The number of nitrogens with zero attached hydrogens (tertiary/aromatic N) is 3. The largest absolute Gasteiger partial charge is 0.464 e. The van der Waals surface area contributed by atoms with Crippen LogP contribution in [0.15, 0.2) is 18.2 Å². The van der Waals surface area contributed by atoms with Crippen molar-refractivity contribution < 1.29 is 36.6 Å². The minimum atomic E-state index is -4.78. The van der Waals surface area contributed by atoms with Crippen LogP contribution >= 0.6 is 0 Å². The zero-order chi connectivity index (χ0) is 23.8. The average Bonchev–Trinajstić information content (AvgIpc) is 3.04. The maximum atomic E-state index is 13.5. The predicted octanol–water partition coefficient (Wildman–Crippen LogP) is 4.17. The number of esters is 1. The normalized spacial score (nSPS) is 14.2. The van der Waals surface area contributed by atoms with E-state index in [1.807, 2.05) is 0 Å². The van der Waals surface area contributed by atoms with Crippen LogP contribution in [-0.2, 0) is 35.2 Å². The summed E-state index contributed by atoms with van der Waals surface area (Å²) in [6.07, 6.45) is -5.66. The molecule has 0 saturated carbocycles. The van der Waals surface area contributed by atoms with Crippen molar-refractivity contribution in [1.82, 2.24) is 14.5 Å². The summed E-state index contributed by atoms with van der Waals surface area (Å²) in [5, 5.41) is 0. The highest BCUT2D eigenvalue weighted by molar-refractivity contribution is 5.88. The third-order valence-corrected chi connectivity index (χ3v) is 4.84. The van der Waals surface area contributed by atoms with Gasteiger partial charge in [0.05, 0.1) is 24.9 Å². The summed E-state index contributed by atoms with van der Waals surface area (Å²) in [7, 11) is 1.14. The summed E-state index contributed by atoms with van der Waals surface area (Å²) < 4.78 is 65.6. The molecule has 11 heteroatoms. The Morgan fingerprint density at radius 1 is 1.16 bits per heavy atom. The highest BCUT2D eigenvalue weighted by Crippen LogP contribution is 2.34. The standard InChI is InChI=1S/C21H23F4N3O4/c1-20(2,3)32-19(30)27-7-8-28-15(17(18(29)31-4)26-16(28)11-27)9-12-5-6-13(22)10-14(12)21(23,24)25/h5-6,10H,7-9,11H2,1-4H3. The van der Waals surface area contributed by atoms with Crippen molar-refractivity contribution in [3.8, 4) is 0 Å². The first-order valence-electron chi connectivity index (χ1n) is 9.80. The molecule has 0 N–H and O–H groups in total. The molecule has 0 saturated heterocycles. The van der Waals surface area contributed by atoms with Gasteiger partial charge in [-0.15, -0.1) is 0 Å². The number of benzene rings is 1. The number of methoxy groups -OCH3 is 1. The Balaban J connectivity index is 1.99. The fourth-order valence-corrected chi connectivity index (χ4v) is 3.46. The number of hydrogen-bond donors (Lipinski definition) is 0. The van der Waals surface area contributed by atoms with Crippen LogP contribution in [-0.4, -0.2) is 45.8 Å². The Labute approximate surface area is 181 Å². The number of aromatic nitrogens is 2. The molecule has 1 amide bonds. The summed E-state index contributed by atoms with van der Waals surface area (Å²) in [4.78, 5) is 30.3. The predicted molar refractivity (Wildman–Crippen MR) is 104 cm³/mol. The summed E-state index contributed by atoms with van der Waals surface area (Å²) in [5.41, 5.74) is -1.99. The molecule has 2 heterocycles. The van der Waals surface area contributed by atoms with Crippen LogP contribution in [0.4, 0.5) is 22.4 Å². The summed E-state index contributed by atoms with van der Waals surface area (Å²) in [5.74, 6) is -1.52. The highest BCUT2D eigenvalue weighted by atomic mass is 19.4. The van der Waals surface area contributed by atoms with E-state index in [9.17, 15) is 27.2 Å². The fourth-order valence-electron chi connectivity index (χ4n) is 3.46. The summed E-state index contributed by atoms with van der Waals surface area (Å²) >= 11 is 0. The van der Waals surface area contributed by atoms with Crippen molar-refractivity contribution in [3.05, 3.63) is 52.4 Å². The van der Waals surface area contributed by atoms with Gasteiger partial charge < -0.3 is 14.0 Å². The first-order valence-corrected chi connectivity index (χ1v) is 9.80. The summed E-state index contributed by atoms with van der Waals surface area (Å²) in [6.45, 7) is 5.59. The molecular formula is C21H23F4N3O4. The molecule has 0 radical (unpaired) electrons. The van der Waals surface area contributed by atoms with Gasteiger partial charge in [0.25, 0.3) is 0 Å². The Morgan fingerprint density at radius 2 is 1.84 bits per heavy atom. The van der Waals surface area contributed by atoms with Gasteiger partial charge in [0, 0.05) is 19.5 Å². The monoisotopic (exact) mass is 457 g/mol. The SMILES string of the molecule is COC(=O)c1nc2n(c1Cc1ccc(F)cc1C(F)(F)F)CCN(C(=O)OC(C)(C)C)C2. The van der Waals surface area contributed by atoms with Crippen LogP contribution in [0.25, 0.3) is 0 Å². The lowest BCUT2D eigenvalue weighted by Gasteiger charge is -2.31. The van der Waals surface area contributed by atoms with Crippen molar-refractivity contribution in [2.45, 2.75) is 52.1 Å². The second-order valence-corrected chi connectivity index (χ2v) is 8.34. The van der Waals surface area contributed by atoms with Gasteiger partial charge in [0.2, 0.25) is 0 Å². The quantitative estimate of drug-likeness (QED) is 0.511. The number of fused-ring (bicyclic) bond motifs is 1. The molecule has 1 aliphatic heterocycles. The lowest BCUT2D eigenvalue weighted by molar-refractivity contribution is -0.138. The van der Waals surface area contributed by atoms with Gasteiger partial charge >= 0.3 is 18.2 Å². The number of carbonyl (C=O) groups is 2. The van der Waals surface area contributed by atoms with Crippen molar-refractivity contribution in [2.24, 2.45) is 0 Å².